The zero-order valence-electron chi connectivity index (χ0n) is 14.6. The number of amides is 2. The van der Waals surface area contributed by atoms with Crippen LogP contribution in [0.1, 0.15) is 27.6 Å². The van der Waals surface area contributed by atoms with Crippen molar-refractivity contribution in [3.8, 4) is 0 Å². The Kier molecular flexibility index (Phi) is 5.68. The van der Waals surface area contributed by atoms with Crippen molar-refractivity contribution < 1.29 is 19.8 Å². The van der Waals surface area contributed by atoms with Gasteiger partial charge in [0.25, 0.3) is 0 Å². The van der Waals surface area contributed by atoms with Crippen molar-refractivity contribution in [2.45, 2.75) is 12.6 Å². The third kappa shape index (κ3) is 4.83. The minimum Gasteiger partial charge on any atom is -0.478 e. The number of fused-ring (bicyclic) bond motifs is 1. The van der Waals surface area contributed by atoms with Gasteiger partial charge in [-0.2, -0.15) is 0 Å². The third-order valence-electron chi connectivity index (χ3n) is 4.27. The molecule has 0 bridgehead atoms. The van der Waals surface area contributed by atoms with E-state index in [2.05, 4.69) is 10.6 Å². The van der Waals surface area contributed by atoms with Crippen LogP contribution < -0.4 is 10.6 Å². The molecule has 0 aliphatic carbocycles. The maximum absolute atomic E-state index is 11.9. The number of benzene rings is 3. The average Bonchev–Trinajstić information content (AvgIpc) is 2.70. The SMILES string of the molecule is O=C(NCc1ccc(C(=O)O)cc1)NCC(O)c1ccc2ccccc2c1. The summed E-state index contributed by atoms with van der Waals surface area (Å²) in [5.41, 5.74) is 1.71. The van der Waals surface area contributed by atoms with E-state index in [9.17, 15) is 14.7 Å². The van der Waals surface area contributed by atoms with E-state index < -0.39 is 18.1 Å². The normalized spacial score (nSPS) is 11.7. The number of carboxylic acid groups (broad SMARTS) is 1. The molecule has 0 fully saturated rings. The Hall–Kier alpha value is -3.38. The Balaban J connectivity index is 1.49. The van der Waals surface area contributed by atoms with Crippen LogP contribution in [0.25, 0.3) is 10.8 Å². The number of urea groups is 1. The number of nitrogens with one attached hydrogen (secondary N) is 2. The second-order valence-electron chi connectivity index (χ2n) is 6.19. The quantitative estimate of drug-likeness (QED) is 0.540. The molecule has 1 unspecified atom stereocenters. The van der Waals surface area contributed by atoms with Crippen LogP contribution in [0.15, 0.2) is 66.7 Å². The molecule has 0 aliphatic rings. The van der Waals surface area contributed by atoms with Crippen LogP contribution >= 0.6 is 0 Å². The first-order chi connectivity index (χ1) is 13.0. The number of aromatic carboxylic acids is 1. The summed E-state index contributed by atoms with van der Waals surface area (Å²) in [5.74, 6) is -0.991. The standard InChI is InChI=1S/C21H20N2O4/c24-19(18-10-9-15-3-1-2-4-17(15)11-18)13-23-21(27)22-12-14-5-7-16(8-6-14)20(25)26/h1-11,19,24H,12-13H2,(H,25,26)(H2,22,23,27). The average molecular weight is 364 g/mol. The number of carboxylic acids is 1. The van der Waals surface area contributed by atoms with Gasteiger partial charge in [0.15, 0.2) is 0 Å². The molecule has 0 spiro atoms. The molecule has 0 saturated carbocycles. The van der Waals surface area contributed by atoms with E-state index in [0.29, 0.717) is 0 Å². The van der Waals surface area contributed by atoms with Gasteiger partial charge in [-0.25, -0.2) is 9.59 Å². The lowest BCUT2D eigenvalue weighted by Crippen LogP contribution is -2.37. The summed E-state index contributed by atoms with van der Waals surface area (Å²) >= 11 is 0. The van der Waals surface area contributed by atoms with Gasteiger partial charge < -0.3 is 20.8 Å². The monoisotopic (exact) mass is 364 g/mol. The van der Waals surface area contributed by atoms with Crippen molar-refractivity contribution in [1.29, 1.82) is 0 Å². The van der Waals surface area contributed by atoms with Crippen LogP contribution in [-0.4, -0.2) is 28.8 Å². The van der Waals surface area contributed by atoms with E-state index in [1.54, 1.807) is 12.1 Å². The van der Waals surface area contributed by atoms with E-state index in [1.165, 1.54) is 12.1 Å². The van der Waals surface area contributed by atoms with Crippen LogP contribution in [-0.2, 0) is 6.54 Å². The van der Waals surface area contributed by atoms with Gasteiger partial charge in [0, 0.05) is 13.1 Å². The van der Waals surface area contributed by atoms with Gasteiger partial charge in [-0.15, -0.1) is 0 Å². The first kappa shape index (κ1) is 18.4. The molecule has 3 rings (SSSR count). The highest BCUT2D eigenvalue weighted by molar-refractivity contribution is 5.87. The predicted octanol–water partition coefficient (Wildman–Crippen LogP) is 3.07. The van der Waals surface area contributed by atoms with Gasteiger partial charge >= 0.3 is 12.0 Å². The minimum atomic E-state index is -0.991. The Morgan fingerprint density at radius 1 is 0.889 bits per heavy atom. The van der Waals surface area contributed by atoms with Gasteiger partial charge in [0.05, 0.1) is 11.7 Å². The molecule has 0 radical (unpaired) electrons. The number of aliphatic hydroxyl groups excluding tert-OH is 1. The molecule has 2 amide bonds. The van der Waals surface area contributed by atoms with E-state index >= 15 is 0 Å². The Morgan fingerprint density at radius 2 is 1.59 bits per heavy atom. The zero-order chi connectivity index (χ0) is 19.2. The fraction of sp³-hybridized carbons (Fsp3) is 0.143. The fourth-order valence-electron chi connectivity index (χ4n) is 2.73. The maximum Gasteiger partial charge on any atom is 0.335 e. The summed E-state index contributed by atoms with van der Waals surface area (Å²) in [7, 11) is 0. The van der Waals surface area contributed by atoms with Crippen LogP contribution in [0.3, 0.4) is 0 Å². The Bertz CT molecular complexity index is 954. The second kappa shape index (κ2) is 8.33. The summed E-state index contributed by atoms with van der Waals surface area (Å²) < 4.78 is 0. The van der Waals surface area contributed by atoms with Crippen LogP contribution in [0, 0.1) is 0 Å². The van der Waals surface area contributed by atoms with Gasteiger partial charge in [-0.1, -0.05) is 48.5 Å². The highest BCUT2D eigenvalue weighted by Gasteiger charge is 2.10. The van der Waals surface area contributed by atoms with Crippen molar-refractivity contribution in [2.24, 2.45) is 0 Å². The number of carbonyl (C=O) groups excluding carboxylic acids is 1. The lowest BCUT2D eigenvalue weighted by molar-refractivity contribution is 0.0697. The van der Waals surface area contributed by atoms with E-state index in [4.69, 9.17) is 5.11 Å². The predicted molar refractivity (Wildman–Crippen MR) is 103 cm³/mol. The molecule has 3 aromatic rings. The minimum absolute atomic E-state index is 0.0854. The molecular weight excluding hydrogens is 344 g/mol. The van der Waals surface area contributed by atoms with Crippen LogP contribution in [0.2, 0.25) is 0 Å². The molecule has 0 aliphatic heterocycles. The molecule has 1 atom stereocenters. The van der Waals surface area contributed by atoms with E-state index in [-0.39, 0.29) is 18.7 Å². The Morgan fingerprint density at radius 3 is 2.30 bits per heavy atom. The van der Waals surface area contributed by atoms with Crippen molar-refractivity contribution in [1.82, 2.24) is 10.6 Å². The number of hydrogen-bond acceptors (Lipinski definition) is 3. The van der Waals surface area contributed by atoms with Crippen molar-refractivity contribution in [2.75, 3.05) is 6.54 Å². The molecule has 3 aromatic carbocycles. The van der Waals surface area contributed by atoms with Crippen LogP contribution in [0.4, 0.5) is 4.79 Å². The summed E-state index contributed by atoms with van der Waals surface area (Å²) in [6, 6.07) is 19.4. The van der Waals surface area contributed by atoms with Crippen molar-refractivity contribution in [3.63, 3.8) is 0 Å². The Labute approximate surface area is 156 Å². The summed E-state index contributed by atoms with van der Waals surface area (Å²) in [4.78, 5) is 22.7. The molecule has 0 heterocycles. The number of hydrogen-bond donors (Lipinski definition) is 4. The van der Waals surface area contributed by atoms with Crippen molar-refractivity contribution >= 4 is 22.8 Å². The van der Waals surface area contributed by atoms with Gasteiger partial charge in [-0.05, 0) is 40.1 Å². The fourth-order valence-corrected chi connectivity index (χ4v) is 2.73. The first-order valence-corrected chi connectivity index (χ1v) is 8.53. The highest BCUT2D eigenvalue weighted by atomic mass is 16.4. The third-order valence-corrected chi connectivity index (χ3v) is 4.27. The van der Waals surface area contributed by atoms with E-state index in [0.717, 1.165) is 21.9 Å². The molecule has 6 heteroatoms. The number of rotatable bonds is 6. The second-order valence-corrected chi connectivity index (χ2v) is 6.19. The lowest BCUT2D eigenvalue weighted by atomic mass is 10.0. The lowest BCUT2D eigenvalue weighted by Gasteiger charge is -2.14. The first-order valence-electron chi connectivity index (χ1n) is 8.53. The number of aliphatic hydroxyl groups is 1. The van der Waals surface area contributed by atoms with Crippen LogP contribution in [0.5, 0.6) is 0 Å². The summed E-state index contributed by atoms with van der Waals surface area (Å²) in [6.45, 7) is 0.347. The van der Waals surface area contributed by atoms with Gasteiger partial charge in [-0.3, -0.25) is 0 Å². The van der Waals surface area contributed by atoms with Gasteiger partial charge in [0.2, 0.25) is 0 Å². The zero-order valence-corrected chi connectivity index (χ0v) is 14.6. The molecular formula is C21H20N2O4. The molecule has 6 nitrogen and oxygen atoms in total. The molecule has 0 saturated heterocycles. The molecule has 138 valence electrons. The summed E-state index contributed by atoms with van der Waals surface area (Å²) in [6.07, 6.45) is -0.810. The molecule has 0 aromatic heterocycles. The van der Waals surface area contributed by atoms with Crippen molar-refractivity contribution in [3.05, 3.63) is 83.4 Å². The van der Waals surface area contributed by atoms with Gasteiger partial charge in [0.1, 0.15) is 0 Å². The maximum atomic E-state index is 11.9. The largest absolute Gasteiger partial charge is 0.478 e. The molecule has 4 N–H and O–H groups in total. The smallest absolute Gasteiger partial charge is 0.335 e. The van der Waals surface area contributed by atoms with E-state index in [1.807, 2.05) is 42.5 Å². The number of carbonyl (C=O) groups is 2. The molecule has 27 heavy (non-hydrogen) atoms. The summed E-state index contributed by atoms with van der Waals surface area (Å²) in [5, 5.41) is 26.6. The topological polar surface area (TPSA) is 98.7 Å². The highest BCUT2D eigenvalue weighted by Crippen LogP contribution is 2.20.